The van der Waals surface area contributed by atoms with Gasteiger partial charge in [0.05, 0.1) is 0 Å². The summed E-state index contributed by atoms with van der Waals surface area (Å²) in [5.74, 6) is -0.113. The average Bonchev–Trinajstić information content (AvgIpc) is 2.32. The van der Waals surface area contributed by atoms with Crippen LogP contribution in [-0.4, -0.2) is 18.1 Å². The van der Waals surface area contributed by atoms with Crippen molar-refractivity contribution in [2.24, 2.45) is 5.73 Å². The number of hydrogen-bond acceptors (Lipinski definition) is 2. The van der Waals surface area contributed by atoms with E-state index in [9.17, 15) is 4.39 Å². The lowest BCUT2D eigenvalue weighted by Crippen LogP contribution is -2.55. The molecule has 0 radical (unpaired) electrons. The third-order valence-electron chi connectivity index (χ3n) is 4.45. The molecule has 0 saturated carbocycles. The van der Waals surface area contributed by atoms with E-state index < -0.39 is 0 Å². The monoisotopic (exact) mass is 248 g/mol. The minimum atomic E-state index is -0.113. The Kier molecular flexibility index (Phi) is 3.02. The number of nitrogens with zero attached hydrogens (tertiary/aromatic N) is 1. The predicted molar refractivity (Wildman–Crippen MR) is 72.3 cm³/mol. The summed E-state index contributed by atoms with van der Waals surface area (Å²) in [5, 5.41) is 0. The Balaban J connectivity index is 1.92. The molecule has 18 heavy (non-hydrogen) atoms. The van der Waals surface area contributed by atoms with Crippen LogP contribution in [0.25, 0.3) is 0 Å². The molecule has 2 nitrogen and oxygen atoms in total. The fourth-order valence-electron chi connectivity index (χ4n) is 3.63. The van der Waals surface area contributed by atoms with Crippen molar-refractivity contribution in [3.05, 3.63) is 29.6 Å². The van der Waals surface area contributed by atoms with Crippen LogP contribution < -0.4 is 10.6 Å². The first-order chi connectivity index (χ1) is 8.65. The summed E-state index contributed by atoms with van der Waals surface area (Å²) in [6, 6.07) is 6.95. The molecule has 2 heterocycles. The van der Waals surface area contributed by atoms with E-state index in [1.54, 1.807) is 6.07 Å². The van der Waals surface area contributed by atoms with Crippen LogP contribution in [0, 0.1) is 12.7 Å². The largest absolute Gasteiger partial charge is 0.365 e. The van der Waals surface area contributed by atoms with Crippen molar-refractivity contribution in [1.82, 2.24) is 0 Å². The third kappa shape index (κ3) is 2.01. The second-order valence-electron chi connectivity index (χ2n) is 5.81. The van der Waals surface area contributed by atoms with Crippen molar-refractivity contribution < 1.29 is 4.39 Å². The number of nitrogens with two attached hydrogens (primary N) is 1. The molecule has 2 atom stereocenters. The van der Waals surface area contributed by atoms with Crippen LogP contribution in [0.5, 0.6) is 0 Å². The fraction of sp³-hybridized carbons (Fsp3) is 0.600. The van der Waals surface area contributed by atoms with Crippen molar-refractivity contribution in [2.75, 3.05) is 4.90 Å². The highest BCUT2D eigenvalue weighted by Gasteiger charge is 2.37. The quantitative estimate of drug-likeness (QED) is 0.828. The smallest absolute Gasteiger partial charge is 0.126 e. The Bertz CT molecular complexity index is 432. The molecule has 1 aromatic rings. The molecule has 2 N–H and O–H groups in total. The maximum atomic E-state index is 13.4. The van der Waals surface area contributed by atoms with E-state index >= 15 is 0 Å². The zero-order chi connectivity index (χ0) is 12.7. The van der Waals surface area contributed by atoms with Gasteiger partial charge in [0.2, 0.25) is 0 Å². The molecule has 1 aromatic carbocycles. The van der Waals surface area contributed by atoms with Crippen LogP contribution in [0.3, 0.4) is 0 Å². The zero-order valence-electron chi connectivity index (χ0n) is 10.9. The molecule has 3 rings (SSSR count). The molecule has 2 unspecified atom stereocenters. The van der Waals surface area contributed by atoms with Gasteiger partial charge in [0.15, 0.2) is 0 Å². The first kappa shape index (κ1) is 12.0. The summed E-state index contributed by atoms with van der Waals surface area (Å²) >= 11 is 0. The number of benzene rings is 1. The summed E-state index contributed by atoms with van der Waals surface area (Å²) in [7, 11) is 0. The van der Waals surface area contributed by atoms with Gasteiger partial charge in [0.1, 0.15) is 5.82 Å². The molecule has 98 valence electrons. The lowest BCUT2D eigenvalue weighted by molar-refractivity contribution is 0.271. The zero-order valence-corrected chi connectivity index (χ0v) is 10.9. The van der Waals surface area contributed by atoms with Gasteiger partial charge < -0.3 is 10.6 Å². The van der Waals surface area contributed by atoms with Gasteiger partial charge in [-0.3, -0.25) is 0 Å². The Labute approximate surface area is 108 Å². The molecule has 2 fully saturated rings. The maximum Gasteiger partial charge on any atom is 0.126 e. The summed E-state index contributed by atoms with van der Waals surface area (Å²) in [4.78, 5) is 2.50. The van der Waals surface area contributed by atoms with Gasteiger partial charge in [-0.15, -0.1) is 0 Å². The van der Waals surface area contributed by atoms with Gasteiger partial charge in [-0.25, -0.2) is 4.39 Å². The summed E-state index contributed by atoms with van der Waals surface area (Å²) in [6.07, 6.45) is 5.90. The molecule has 2 aliphatic rings. The SMILES string of the molecule is Cc1cc(N2C3CCCC2CC(N)C3)ccc1F. The van der Waals surface area contributed by atoms with Crippen LogP contribution in [0.2, 0.25) is 0 Å². The standard InChI is InChI=1S/C15H21FN2/c1-10-7-14(5-6-15(10)16)18-12-3-2-4-13(18)9-11(17)8-12/h5-7,11-13H,2-4,8-9,17H2,1H3. The van der Waals surface area contributed by atoms with E-state index in [0.29, 0.717) is 18.1 Å². The van der Waals surface area contributed by atoms with Gasteiger partial charge in [0, 0.05) is 23.8 Å². The molecule has 0 spiro atoms. The number of rotatable bonds is 1. The van der Waals surface area contributed by atoms with Gasteiger partial charge in [-0.05, 0) is 62.8 Å². The number of piperidine rings is 2. The summed E-state index contributed by atoms with van der Waals surface area (Å²) < 4.78 is 13.4. The Morgan fingerprint density at radius 3 is 2.50 bits per heavy atom. The van der Waals surface area contributed by atoms with E-state index in [1.807, 2.05) is 19.1 Å². The van der Waals surface area contributed by atoms with Crippen molar-refractivity contribution in [3.8, 4) is 0 Å². The molecule has 2 saturated heterocycles. The van der Waals surface area contributed by atoms with Crippen molar-refractivity contribution in [2.45, 2.75) is 57.2 Å². The topological polar surface area (TPSA) is 29.3 Å². The summed E-state index contributed by atoms with van der Waals surface area (Å²) in [6.45, 7) is 1.84. The molecule has 2 bridgehead atoms. The van der Waals surface area contributed by atoms with Gasteiger partial charge in [-0.2, -0.15) is 0 Å². The first-order valence-electron chi connectivity index (χ1n) is 6.95. The minimum Gasteiger partial charge on any atom is -0.365 e. The normalized spacial score (nSPS) is 31.5. The highest BCUT2D eigenvalue weighted by molar-refractivity contribution is 5.52. The van der Waals surface area contributed by atoms with Crippen LogP contribution in [-0.2, 0) is 0 Å². The van der Waals surface area contributed by atoms with Crippen LogP contribution in [0.1, 0.15) is 37.7 Å². The Morgan fingerprint density at radius 2 is 1.89 bits per heavy atom. The van der Waals surface area contributed by atoms with Crippen LogP contribution in [0.4, 0.5) is 10.1 Å². The second kappa shape index (κ2) is 4.54. The molecule has 0 amide bonds. The molecule has 2 aliphatic heterocycles. The molecule has 0 aromatic heterocycles. The third-order valence-corrected chi connectivity index (χ3v) is 4.45. The summed E-state index contributed by atoms with van der Waals surface area (Å²) in [5.41, 5.74) is 8.05. The van der Waals surface area contributed by atoms with Gasteiger partial charge in [-0.1, -0.05) is 0 Å². The highest BCUT2D eigenvalue weighted by Crippen LogP contribution is 2.37. The van der Waals surface area contributed by atoms with E-state index in [0.717, 1.165) is 18.4 Å². The molecule has 3 heteroatoms. The number of anilines is 1. The Morgan fingerprint density at radius 1 is 1.22 bits per heavy atom. The van der Waals surface area contributed by atoms with E-state index in [4.69, 9.17) is 5.73 Å². The molecule has 0 aliphatic carbocycles. The first-order valence-corrected chi connectivity index (χ1v) is 6.95. The number of halogens is 1. The fourth-order valence-corrected chi connectivity index (χ4v) is 3.63. The van der Waals surface area contributed by atoms with E-state index in [-0.39, 0.29) is 5.82 Å². The molecular formula is C15H21FN2. The minimum absolute atomic E-state index is 0.113. The number of fused-ring (bicyclic) bond motifs is 2. The predicted octanol–water partition coefficient (Wildman–Crippen LogP) is 2.98. The van der Waals surface area contributed by atoms with Crippen LogP contribution in [0.15, 0.2) is 18.2 Å². The highest BCUT2D eigenvalue weighted by atomic mass is 19.1. The lowest BCUT2D eigenvalue weighted by Gasteiger charge is -2.49. The van der Waals surface area contributed by atoms with Crippen molar-refractivity contribution in [1.29, 1.82) is 0 Å². The van der Waals surface area contributed by atoms with Gasteiger partial charge in [0.25, 0.3) is 0 Å². The van der Waals surface area contributed by atoms with Gasteiger partial charge >= 0.3 is 0 Å². The van der Waals surface area contributed by atoms with Crippen molar-refractivity contribution >= 4 is 5.69 Å². The Hall–Kier alpha value is -1.09. The maximum absolute atomic E-state index is 13.4. The molecular weight excluding hydrogens is 227 g/mol. The second-order valence-corrected chi connectivity index (χ2v) is 5.81. The number of aryl methyl sites for hydroxylation is 1. The van der Waals surface area contributed by atoms with Crippen molar-refractivity contribution in [3.63, 3.8) is 0 Å². The lowest BCUT2D eigenvalue weighted by atomic mass is 9.81. The number of hydrogen-bond donors (Lipinski definition) is 1. The average molecular weight is 248 g/mol. The van der Waals surface area contributed by atoms with E-state index in [2.05, 4.69) is 4.90 Å². The van der Waals surface area contributed by atoms with Crippen LogP contribution >= 0.6 is 0 Å². The van der Waals surface area contributed by atoms with E-state index in [1.165, 1.54) is 24.9 Å².